The molecule has 1 aliphatic rings. The second-order valence-corrected chi connectivity index (χ2v) is 10.2. The van der Waals surface area contributed by atoms with Crippen molar-refractivity contribution in [2.45, 2.75) is 25.3 Å². The zero-order valence-electron chi connectivity index (χ0n) is 20.5. The van der Waals surface area contributed by atoms with Gasteiger partial charge in [-0.15, -0.1) is 0 Å². The van der Waals surface area contributed by atoms with Crippen LogP contribution in [0.2, 0.25) is 0 Å². The normalized spacial score (nSPS) is 18.3. The lowest BCUT2D eigenvalue weighted by Crippen LogP contribution is -2.20. The van der Waals surface area contributed by atoms with Crippen molar-refractivity contribution in [2.24, 2.45) is 13.0 Å². The fourth-order valence-corrected chi connectivity index (χ4v) is 5.92. The van der Waals surface area contributed by atoms with Crippen LogP contribution >= 0.6 is 0 Å². The Bertz CT molecular complexity index is 1660. The summed E-state index contributed by atoms with van der Waals surface area (Å²) in [5.74, 6) is 0.204. The molecular formula is C27H28F2N6O. The zero-order chi connectivity index (χ0) is 25.1. The van der Waals surface area contributed by atoms with E-state index in [-0.39, 0.29) is 17.7 Å². The number of aromatic amines is 1. The van der Waals surface area contributed by atoms with E-state index in [9.17, 15) is 13.6 Å². The highest BCUT2D eigenvalue weighted by molar-refractivity contribution is 5.96. The first kappa shape index (κ1) is 22.7. The number of hydrogen-bond acceptors (Lipinski definition) is 3. The Kier molecular flexibility index (Phi) is 5.33. The van der Waals surface area contributed by atoms with Gasteiger partial charge in [-0.2, -0.15) is 5.10 Å². The summed E-state index contributed by atoms with van der Waals surface area (Å²) in [5, 5.41) is 8.16. The summed E-state index contributed by atoms with van der Waals surface area (Å²) in [6.07, 6.45) is 6.94. The van der Waals surface area contributed by atoms with Crippen LogP contribution in [0.1, 0.15) is 25.3 Å². The first-order valence-corrected chi connectivity index (χ1v) is 12.2. The summed E-state index contributed by atoms with van der Waals surface area (Å²) in [4.78, 5) is 15.3. The third-order valence-corrected chi connectivity index (χ3v) is 7.41. The number of fused-ring (bicyclic) bond motifs is 2. The number of aromatic nitrogens is 5. The van der Waals surface area contributed by atoms with E-state index in [0.717, 1.165) is 36.8 Å². The molecule has 3 aromatic heterocycles. The predicted octanol–water partition coefficient (Wildman–Crippen LogP) is 4.86. The summed E-state index contributed by atoms with van der Waals surface area (Å²) in [6, 6.07) is 9.53. The van der Waals surface area contributed by atoms with Crippen molar-refractivity contribution in [1.82, 2.24) is 28.8 Å². The first-order valence-electron chi connectivity index (χ1n) is 12.2. The van der Waals surface area contributed by atoms with Crippen LogP contribution in [0, 0.1) is 17.6 Å². The van der Waals surface area contributed by atoms with Crippen LogP contribution in [0.3, 0.4) is 0 Å². The molecule has 1 saturated carbocycles. The number of aryl methyl sites for hydroxylation is 1. The smallest absolute Gasteiger partial charge is 0.348 e. The molecule has 186 valence electrons. The number of hydrogen-bond donors (Lipinski definition) is 1. The van der Waals surface area contributed by atoms with E-state index in [2.05, 4.69) is 33.8 Å². The van der Waals surface area contributed by atoms with Crippen molar-refractivity contribution in [1.29, 1.82) is 0 Å². The number of benzene rings is 2. The fourth-order valence-electron chi connectivity index (χ4n) is 5.92. The van der Waals surface area contributed by atoms with Crippen molar-refractivity contribution in [3.63, 3.8) is 0 Å². The number of H-pyrrole nitrogens is 1. The highest BCUT2D eigenvalue weighted by Gasteiger charge is 2.29. The van der Waals surface area contributed by atoms with Crippen molar-refractivity contribution < 1.29 is 8.78 Å². The standard InChI is InChI=1S/C27H28F2N6O/c1-32(2)13-16-4-7-19(10-16)34-15-25(21-12-18(29)6-9-24(21)34)35-26(30-31-27(35)36)22-14-33(3)23-8-5-17(28)11-20(22)23/h5-6,8-9,11-12,14-16,19H,4,7,10,13H2,1-3H3,(H,31,36)/t16-,19+/m1/s1. The lowest BCUT2D eigenvalue weighted by Gasteiger charge is -2.17. The second kappa shape index (κ2) is 8.44. The second-order valence-electron chi connectivity index (χ2n) is 10.2. The highest BCUT2D eigenvalue weighted by atomic mass is 19.1. The summed E-state index contributed by atoms with van der Waals surface area (Å²) in [6.45, 7) is 1.03. The number of nitrogens with zero attached hydrogens (tertiary/aromatic N) is 5. The van der Waals surface area contributed by atoms with Crippen LogP contribution in [-0.4, -0.2) is 49.4 Å². The highest BCUT2D eigenvalue weighted by Crippen LogP contribution is 2.39. The fraction of sp³-hybridized carbons (Fsp3) is 0.333. The van der Waals surface area contributed by atoms with Gasteiger partial charge < -0.3 is 14.0 Å². The maximum atomic E-state index is 14.5. The van der Waals surface area contributed by atoms with Gasteiger partial charge in [0.2, 0.25) is 0 Å². The lowest BCUT2D eigenvalue weighted by molar-refractivity contribution is 0.322. The van der Waals surface area contributed by atoms with Gasteiger partial charge in [-0.25, -0.2) is 23.2 Å². The quantitative estimate of drug-likeness (QED) is 0.383. The Morgan fingerprint density at radius 3 is 2.50 bits per heavy atom. The minimum Gasteiger partial charge on any atom is -0.350 e. The molecule has 1 N–H and O–H groups in total. The summed E-state index contributed by atoms with van der Waals surface area (Å²) in [7, 11) is 6.04. The Hall–Kier alpha value is -3.72. The van der Waals surface area contributed by atoms with Gasteiger partial charge in [-0.3, -0.25) is 0 Å². The van der Waals surface area contributed by atoms with Crippen LogP contribution in [-0.2, 0) is 7.05 Å². The molecule has 9 heteroatoms. The minimum atomic E-state index is -0.432. The predicted molar refractivity (Wildman–Crippen MR) is 136 cm³/mol. The molecule has 0 unspecified atom stereocenters. The Balaban J connectivity index is 1.53. The molecule has 36 heavy (non-hydrogen) atoms. The van der Waals surface area contributed by atoms with E-state index in [0.29, 0.717) is 33.8 Å². The number of halogens is 2. The third-order valence-electron chi connectivity index (χ3n) is 7.41. The maximum absolute atomic E-state index is 14.5. The molecule has 6 rings (SSSR count). The van der Waals surface area contributed by atoms with Gasteiger partial charge in [0.25, 0.3) is 0 Å². The molecular weight excluding hydrogens is 462 g/mol. The van der Waals surface area contributed by atoms with E-state index in [1.165, 1.54) is 28.8 Å². The summed E-state index contributed by atoms with van der Waals surface area (Å²) < 4.78 is 34.2. The molecule has 0 aliphatic heterocycles. The molecule has 7 nitrogen and oxygen atoms in total. The van der Waals surface area contributed by atoms with Gasteiger partial charge in [0.05, 0.1) is 11.2 Å². The molecule has 5 aromatic rings. The molecule has 0 saturated heterocycles. The molecule has 1 fully saturated rings. The summed E-state index contributed by atoms with van der Waals surface area (Å²) in [5.41, 5.74) is 2.44. The van der Waals surface area contributed by atoms with Gasteiger partial charge in [0.15, 0.2) is 5.82 Å². The molecule has 0 bridgehead atoms. The van der Waals surface area contributed by atoms with E-state index in [1.54, 1.807) is 12.1 Å². The molecule has 0 radical (unpaired) electrons. The molecule has 0 spiro atoms. The SMILES string of the molecule is CN(C)C[C@@H]1CC[C@H](n2cc(-n3c(-c4cn(C)c5ccc(F)cc45)n[nH]c3=O)c3cc(F)ccc32)C1. The Labute approximate surface area is 206 Å². The van der Waals surface area contributed by atoms with Crippen LogP contribution in [0.25, 0.3) is 38.9 Å². The van der Waals surface area contributed by atoms with E-state index in [4.69, 9.17) is 0 Å². The number of nitrogens with one attached hydrogen (secondary N) is 1. The lowest BCUT2D eigenvalue weighted by atomic mass is 10.1. The molecule has 1 aliphatic carbocycles. The zero-order valence-corrected chi connectivity index (χ0v) is 20.5. The average Bonchev–Trinajstić information content (AvgIpc) is 3.58. The molecule has 2 aromatic carbocycles. The summed E-state index contributed by atoms with van der Waals surface area (Å²) >= 11 is 0. The average molecular weight is 491 g/mol. The van der Waals surface area contributed by atoms with Crippen molar-refractivity contribution in [3.8, 4) is 17.1 Å². The van der Waals surface area contributed by atoms with E-state index < -0.39 is 5.69 Å². The van der Waals surface area contributed by atoms with Gasteiger partial charge in [0.1, 0.15) is 11.6 Å². The largest absolute Gasteiger partial charge is 0.350 e. The van der Waals surface area contributed by atoms with Gasteiger partial charge in [-0.05, 0) is 75.7 Å². The van der Waals surface area contributed by atoms with Crippen LogP contribution in [0.15, 0.2) is 53.6 Å². The Morgan fingerprint density at radius 1 is 1.03 bits per heavy atom. The topological polar surface area (TPSA) is 63.8 Å². The third kappa shape index (κ3) is 3.65. The van der Waals surface area contributed by atoms with E-state index in [1.807, 2.05) is 24.0 Å². The molecule has 3 heterocycles. The van der Waals surface area contributed by atoms with Gasteiger partial charge in [-0.1, -0.05) is 0 Å². The first-order chi connectivity index (χ1) is 17.3. The molecule has 0 amide bonds. The van der Waals surface area contributed by atoms with Crippen molar-refractivity contribution in [2.75, 3.05) is 20.6 Å². The van der Waals surface area contributed by atoms with Crippen LogP contribution in [0.4, 0.5) is 8.78 Å². The van der Waals surface area contributed by atoms with Gasteiger partial charge >= 0.3 is 5.69 Å². The van der Waals surface area contributed by atoms with Gasteiger partial charge in [0, 0.05) is 53.9 Å². The van der Waals surface area contributed by atoms with Crippen molar-refractivity contribution >= 4 is 21.8 Å². The Morgan fingerprint density at radius 2 is 1.75 bits per heavy atom. The van der Waals surface area contributed by atoms with Crippen LogP contribution in [0.5, 0.6) is 0 Å². The number of rotatable bonds is 5. The maximum Gasteiger partial charge on any atom is 0.348 e. The molecule has 2 atom stereocenters. The van der Waals surface area contributed by atoms with E-state index >= 15 is 0 Å². The van der Waals surface area contributed by atoms with Crippen molar-refractivity contribution in [3.05, 3.63) is 70.9 Å². The monoisotopic (exact) mass is 490 g/mol. The minimum absolute atomic E-state index is 0.259. The van der Waals surface area contributed by atoms with Crippen LogP contribution < -0.4 is 5.69 Å².